The molecule has 14 heteroatoms. The Hall–Kier alpha value is -4.04. The Labute approximate surface area is 287 Å². The Kier molecular flexibility index (Phi) is 10.3. The molecule has 4 aromatic carbocycles. The Balaban J connectivity index is 1.35. The number of benzene rings is 4. The van der Waals surface area contributed by atoms with Crippen molar-refractivity contribution in [3.63, 3.8) is 0 Å². The number of nitrogens with two attached hydrogens (primary N) is 1. The molecule has 0 aromatic heterocycles. The highest BCUT2D eigenvalue weighted by Crippen LogP contribution is 2.48. The highest BCUT2D eigenvalue weighted by molar-refractivity contribution is 6.55. The van der Waals surface area contributed by atoms with Crippen molar-refractivity contribution in [2.75, 3.05) is 13.7 Å². The van der Waals surface area contributed by atoms with E-state index < -0.39 is 18.5 Å². The van der Waals surface area contributed by atoms with Gasteiger partial charge >= 0.3 is 5.97 Å². The van der Waals surface area contributed by atoms with Crippen molar-refractivity contribution < 1.29 is 32.9 Å². The average Bonchev–Trinajstić information content (AvgIpc) is 3.05. The Morgan fingerprint density at radius 2 is 1.59 bits per heavy atom. The number of methoxy groups -OCH3 is 1. The van der Waals surface area contributed by atoms with Crippen molar-refractivity contribution in [1.82, 2.24) is 0 Å². The topological polar surface area (TPSA) is 113 Å². The summed E-state index contributed by atoms with van der Waals surface area (Å²) in [6, 6.07) is 17.9. The maximum absolute atomic E-state index is 13.3. The van der Waals surface area contributed by atoms with Crippen LogP contribution in [0.1, 0.15) is 22.6 Å². The molecular weight excluding hydrogens is 705 g/mol. The van der Waals surface area contributed by atoms with Gasteiger partial charge in [-0.15, -0.1) is 0 Å². The van der Waals surface area contributed by atoms with Gasteiger partial charge in [-0.3, -0.25) is 0 Å². The Morgan fingerprint density at radius 3 is 2.24 bits per heavy atom. The molecule has 0 amide bonds. The highest BCUT2D eigenvalue weighted by atomic mass is 35.5. The molecule has 0 aliphatic carbocycles. The summed E-state index contributed by atoms with van der Waals surface area (Å²) in [6.45, 7) is -0.426. The molecule has 236 valence electrons. The second-order valence-corrected chi connectivity index (χ2v) is 11.5. The summed E-state index contributed by atoms with van der Waals surface area (Å²) in [5.74, 6) is -0.871. The van der Waals surface area contributed by atoms with Crippen LogP contribution in [0.25, 0.3) is 0 Å². The summed E-state index contributed by atoms with van der Waals surface area (Å²) >= 11 is 30.4. The molecule has 4 aromatic rings. The molecule has 0 bridgehead atoms. The van der Waals surface area contributed by atoms with E-state index in [2.05, 4.69) is 6.07 Å². The number of nitrogens with zero attached hydrogens (tertiary/aromatic N) is 1. The fourth-order valence-corrected chi connectivity index (χ4v) is 5.80. The molecule has 1 aliphatic rings. The van der Waals surface area contributed by atoms with Crippen LogP contribution in [-0.4, -0.2) is 19.7 Å². The summed E-state index contributed by atoms with van der Waals surface area (Å²) < 4.78 is 41.3. The van der Waals surface area contributed by atoms with Crippen LogP contribution in [0.15, 0.2) is 72.1 Å². The van der Waals surface area contributed by atoms with Gasteiger partial charge in [0, 0.05) is 11.6 Å². The number of esters is 1. The zero-order chi connectivity index (χ0) is 33.1. The quantitative estimate of drug-likeness (QED) is 0.0789. The minimum Gasteiger partial charge on any atom is -0.493 e. The van der Waals surface area contributed by atoms with Gasteiger partial charge in [-0.25, -0.2) is 9.18 Å². The predicted molar refractivity (Wildman–Crippen MR) is 172 cm³/mol. The molecule has 1 heterocycles. The third-order valence-electron chi connectivity index (χ3n) is 6.75. The maximum atomic E-state index is 13.3. The van der Waals surface area contributed by atoms with Crippen LogP contribution < -0.4 is 29.4 Å². The minimum absolute atomic E-state index is 0.0573. The highest BCUT2D eigenvalue weighted by Gasteiger charge is 2.32. The van der Waals surface area contributed by atoms with Crippen LogP contribution >= 0.6 is 58.0 Å². The first-order valence-electron chi connectivity index (χ1n) is 13.1. The molecular formula is C32H20Cl5FN2O6. The molecule has 1 unspecified atom stereocenters. The molecule has 1 aliphatic heterocycles. The van der Waals surface area contributed by atoms with Gasteiger partial charge in [0.05, 0.1) is 28.1 Å². The molecule has 0 saturated heterocycles. The number of ether oxygens (including phenoxy) is 5. The first-order valence-corrected chi connectivity index (χ1v) is 15.0. The van der Waals surface area contributed by atoms with Gasteiger partial charge in [0.2, 0.25) is 5.88 Å². The van der Waals surface area contributed by atoms with Crippen LogP contribution in [0, 0.1) is 17.1 Å². The summed E-state index contributed by atoms with van der Waals surface area (Å²) in [5, 5.41) is 9.49. The molecule has 8 nitrogen and oxygen atoms in total. The second kappa shape index (κ2) is 14.2. The zero-order valence-corrected chi connectivity index (χ0v) is 27.3. The smallest absolute Gasteiger partial charge is 0.349 e. The number of rotatable bonds is 9. The number of halogens is 6. The molecule has 0 radical (unpaired) electrons. The lowest BCUT2D eigenvalue weighted by molar-refractivity contribution is -0.136. The average molecular weight is 725 g/mol. The monoisotopic (exact) mass is 722 g/mol. The van der Waals surface area contributed by atoms with Crippen LogP contribution in [0.2, 0.25) is 25.1 Å². The van der Waals surface area contributed by atoms with Crippen LogP contribution in [0.3, 0.4) is 0 Å². The van der Waals surface area contributed by atoms with Gasteiger partial charge in [-0.2, -0.15) is 5.26 Å². The van der Waals surface area contributed by atoms with Gasteiger partial charge in [0.25, 0.3) is 0 Å². The molecule has 2 N–H and O–H groups in total. The number of fused-ring (bicyclic) bond motifs is 1. The summed E-state index contributed by atoms with van der Waals surface area (Å²) in [6.07, 6.45) is 0. The van der Waals surface area contributed by atoms with Gasteiger partial charge in [-0.05, 0) is 41.5 Å². The normalized spacial score (nSPS) is 13.7. The molecule has 46 heavy (non-hydrogen) atoms. The van der Waals surface area contributed by atoms with Gasteiger partial charge in [-0.1, -0.05) is 82.3 Å². The number of hydrogen-bond donors (Lipinski definition) is 1. The first-order chi connectivity index (χ1) is 22.0. The van der Waals surface area contributed by atoms with Crippen molar-refractivity contribution in [3.8, 4) is 34.8 Å². The molecule has 5 rings (SSSR count). The standard InChI is InChI=1S/C32H20Cl5FN2O6/c1-42-23-10-16(4-9-21(23)43-13-15-2-5-17(38)6-3-15)25-19-8-7-18(11-22(19)46-32(40)20(25)12-39)45-24(41)14-44-31-29(36)27(34)26(33)28(35)30(31)37/h2-11,25H,13-14,40H2,1H3. The SMILES string of the molecule is COc1cc(C2C(C#N)=C(N)Oc3cc(OC(=O)COc4c(Cl)c(Cl)c(Cl)c(Cl)c4Cl)ccc32)ccc1OCc1ccc(F)cc1. The molecule has 0 fully saturated rings. The largest absolute Gasteiger partial charge is 0.493 e. The van der Waals surface area contributed by atoms with E-state index in [1.807, 2.05) is 0 Å². The fourth-order valence-electron chi connectivity index (χ4n) is 4.57. The van der Waals surface area contributed by atoms with E-state index in [9.17, 15) is 14.4 Å². The third-order valence-corrected chi connectivity index (χ3v) is 9.00. The van der Waals surface area contributed by atoms with Crippen molar-refractivity contribution in [1.29, 1.82) is 5.26 Å². The van der Waals surface area contributed by atoms with E-state index in [4.69, 9.17) is 87.4 Å². The van der Waals surface area contributed by atoms with Gasteiger partial charge < -0.3 is 29.4 Å². The van der Waals surface area contributed by atoms with Crippen molar-refractivity contribution in [2.24, 2.45) is 5.73 Å². The van der Waals surface area contributed by atoms with E-state index in [-0.39, 0.29) is 66.2 Å². The van der Waals surface area contributed by atoms with Crippen LogP contribution in [-0.2, 0) is 11.4 Å². The summed E-state index contributed by atoms with van der Waals surface area (Å²) in [5.41, 5.74) is 8.32. The van der Waals surface area contributed by atoms with Crippen LogP contribution in [0.5, 0.6) is 28.7 Å². The van der Waals surface area contributed by atoms with E-state index in [1.54, 1.807) is 36.4 Å². The van der Waals surface area contributed by atoms with E-state index in [1.165, 1.54) is 31.4 Å². The minimum atomic E-state index is -0.816. The molecule has 0 saturated carbocycles. The fraction of sp³-hybridized carbons (Fsp3) is 0.125. The summed E-state index contributed by atoms with van der Waals surface area (Å²) in [4.78, 5) is 12.6. The molecule has 1 atom stereocenters. The Bertz CT molecular complexity index is 1880. The lowest BCUT2D eigenvalue weighted by Crippen LogP contribution is -2.22. The maximum Gasteiger partial charge on any atom is 0.349 e. The third kappa shape index (κ3) is 6.87. The van der Waals surface area contributed by atoms with E-state index in [0.717, 1.165) is 5.56 Å². The van der Waals surface area contributed by atoms with Gasteiger partial charge in [0.1, 0.15) is 45.6 Å². The zero-order valence-electron chi connectivity index (χ0n) is 23.5. The number of carbonyl (C=O) groups excluding carboxylic acids is 1. The van der Waals surface area contributed by atoms with Crippen LogP contribution in [0.4, 0.5) is 4.39 Å². The second-order valence-electron chi connectivity index (χ2n) is 9.61. The van der Waals surface area contributed by atoms with Crippen molar-refractivity contribution in [2.45, 2.75) is 12.5 Å². The van der Waals surface area contributed by atoms with Crippen molar-refractivity contribution >= 4 is 64.0 Å². The Morgan fingerprint density at radius 1 is 0.913 bits per heavy atom. The van der Waals surface area contributed by atoms with E-state index in [0.29, 0.717) is 22.6 Å². The first kappa shape index (κ1) is 33.3. The van der Waals surface area contributed by atoms with Crippen molar-refractivity contribution in [3.05, 3.63) is 120 Å². The molecule has 0 spiro atoms. The lowest BCUT2D eigenvalue weighted by Gasteiger charge is -2.27. The predicted octanol–water partition coefficient (Wildman–Crippen LogP) is 8.88. The number of allylic oxidation sites excluding steroid dienone is 1. The number of nitriles is 1. The van der Waals surface area contributed by atoms with E-state index >= 15 is 0 Å². The van der Waals surface area contributed by atoms with Gasteiger partial charge in [0.15, 0.2) is 23.9 Å². The summed E-state index contributed by atoms with van der Waals surface area (Å²) in [7, 11) is 1.49. The number of carbonyl (C=O) groups is 1. The lowest BCUT2D eigenvalue weighted by atomic mass is 9.83. The number of hydrogen-bond acceptors (Lipinski definition) is 8.